The average molecular weight is 200 g/mol. The van der Waals surface area contributed by atoms with Gasteiger partial charge < -0.3 is 9.84 Å². The molecule has 3 nitrogen and oxygen atoms in total. The molecule has 1 N–H and O–H groups in total. The fraction of sp³-hybridized carbons (Fsp3) is 0.909. The monoisotopic (exact) mass is 200 g/mol. The first-order chi connectivity index (χ1) is 6.42. The standard InChI is InChI=1S/C11H20O3/c1-4-14-11(9(12)13)7-5-6-10(2,3)8-11/h4-8H2,1-3H3,(H,12,13). The van der Waals surface area contributed by atoms with Crippen molar-refractivity contribution in [3.63, 3.8) is 0 Å². The Balaban J connectivity index is 2.82. The first-order valence-electron chi connectivity index (χ1n) is 5.29. The summed E-state index contributed by atoms with van der Waals surface area (Å²) in [6, 6.07) is 0. The van der Waals surface area contributed by atoms with Crippen LogP contribution in [0.2, 0.25) is 0 Å². The second-order valence-electron chi connectivity index (χ2n) is 4.93. The molecule has 1 atom stereocenters. The molecule has 0 aromatic carbocycles. The lowest BCUT2D eigenvalue weighted by molar-refractivity contribution is -0.175. The maximum atomic E-state index is 11.2. The predicted molar refractivity (Wildman–Crippen MR) is 54.2 cm³/mol. The predicted octanol–water partition coefficient (Wildman–Crippen LogP) is 2.45. The number of ether oxygens (including phenoxy) is 1. The highest BCUT2D eigenvalue weighted by Crippen LogP contribution is 2.43. The van der Waals surface area contributed by atoms with Gasteiger partial charge in [0.2, 0.25) is 0 Å². The summed E-state index contributed by atoms with van der Waals surface area (Å²) < 4.78 is 5.47. The van der Waals surface area contributed by atoms with Gasteiger partial charge in [0.05, 0.1) is 0 Å². The minimum atomic E-state index is -0.920. The molecule has 1 saturated carbocycles. The molecule has 82 valence electrons. The summed E-state index contributed by atoms with van der Waals surface area (Å²) in [6.45, 7) is 6.56. The van der Waals surface area contributed by atoms with Crippen LogP contribution in [0.5, 0.6) is 0 Å². The molecule has 0 bridgehead atoms. The molecule has 0 radical (unpaired) electrons. The number of hydrogen-bond donors (Lipinski definition) is 1. The Bertz CT molecular complexity index is 219. The van der Waals surface area contributed by atoms with Crippen molar-refractivity contribution in [2.75, 3.05) is 6.61 Å². The fourth-order valence-corrected chi connectivity index (χ4v) is 2.45. The maximum absolute atomic E-state index is 11.2. The summed E-state index contributed by atoms with van der Waals surface area (Å²) in [5, 5.41) is 9.23. The number of rotatable bonds is 3. The first-order valence-corrected chi connectivity index (χ1v) is 5.29. The summed E-state index contributed by atoms with van der Waals surface area (Å²) >= 11 is 0. The van der Waals surface area contributed by atoms with Crippen LogP contribution in [-0.2, 0) is 9.53 Å². The van der Waals surface area contributed by atoms with Gasteiger partial charge in [-0.15, -0.1) is 0 Å². The molecular formula is C11H20O3. The molecule has 1 unspecified atom stereocenters. The molecule has 0 aromatic rings. The number of carbonyl (C=O) groups is 1. The fourth-order valence-electron chi connectivity index (χ4n) is 2.45. The highest BCUT2D eigenvalue weighted by atomic mass is 16.5. The van der Waals surface area contributed by atoms with E-state index in [-0.39, 0.29) is 5.41 Å². The Morgan fingerprint density at radius 3 is 2.50 bits per heavy atom. The van der Waals surface area contributed by atoms with Gasteiger partial charge >= 0.3 is 5.97 Å². The molecule has 0 amide bonds. The number of hydrogen-bond acceptors (Lipinski definition) is 2. The lowest BCUT2D eigenvalue weighted by Gasteiger charge is -2.41. The van der Waals surface area contributed by atoms with E-state index in [9.17, 15) is 9.90 Å². The van der Waals surface area contributed by atoms with E-state index in [4.69, 9.17) is 4.74 Å². The molecule has 14 heavy (non-hydrogen) atoms. The smallest absolute Gasteiger partial charge is 0.335 e. The van der Waals surface area contributed by atoms with Crippen molar-refractivity contribution in [1.29, 1.82) is 0 Å². The van der Waals surface area contributed by atoms with Gasteiger partial charge in [0, 0.05) is 6.61 Å². The summed E-state index contributed by atoms with van der Waals surface area (Å²) in [5.41, 5.74) is -0.831. The van der Waals surface area contributed by atoms with Gasteiger partial charge in [-0.1, -0.05) is 13.8 Å². The number of aliphatic carboxylic acids is 1. The van der Waals surface area contributed by atoms with Crippen molar-refractivity contribution in [2.45, 2.75) is 52.1 Å². The third-order valence-corrected chi connectivity index (χ3v) is 3.01. The lowest BCUT2D eigenvalue weighted by Crippen LogP contribution is -2.48. The highest BCUT2D eigenvalue weighted by Gasteiger charge is 2.46. The van der Waals surface area contributed by atoms with Crippen molar-refractivity contribution >= 4 is 5.97 Å². The molecule has 0 heterocycles. The van der Waals surface area contributed by atoms with Gasteiger partial charge in [-0.05, 0) is 38.0 Å². The van der Waals surface area contributed by atoms with Crippen LogP contribution in [0.15, 0.2) is 0 Å². The minimum absolute atomic E-state index is 0.0891. The maximum Gasteiger partial charge on any atom is 0.335 e. The lowest BCUT2D eigenvalue weighted by atomic mass is 9.69. The van der Waals surface area contributed by atoms with Gasteiger partial charge in [-0.2, -0.15) is 0 Å². The van der Waals surface area contributed by atoms with Crippen molar-refractivity contribution in [3.8, 4) is 0 Å². The van der Waals surface area contributed by atoms with Gasteiger partial charge in [-0.3, -0.25) is 0 Å². The topological polar surface area (TPSA) is 46.5 Å². The summed E-state index contributed by atoms with van der Waals surface area (Å²) in [6.07, 6.45) is 3.32. The molecule has 1 fully saturated rings. The Hall–Kier alpha value is -0.570. The highest BCUT2D eigenvalue weighted by molar-refractivity contribution is 5.77. The molecule has 1 rings (SSSR count). The van der Waals surface area contributed by atoms with E-state index in [0.29, 0.717) is 19.4 Å². The Labute approximate surface area is 85.5 Å². The number of carboxylic acid groups (broad SMARTS) is 1. The molecule has 3 heteroatoms. The summed E-state index contributed by atoms with van der Waals surface area (Å²) in [4.78, 5) is 11.2. The van der Waals surface area contributed by atoms with Crippen molar-refractivity contribution in [1.82, 2.24) is 0 Å². The third-order valence-electron chi connectivity index (χ3n) is 3.01. The van der Waals surface area contributed by atoms with Crippen LogP contribution in [0.1, 0.15) is 46.5 Å². The third kappa shape index (κ3) is 2.27. The van der Waals surface area contributed by atoms with Crippen LogP contribution in [0.4, 0.5) is 0 Å². The second kappa shape index (κ2) is 3.89. The van der Waals surface area contributed by atoms with Crippen molar-refractivity contribution in [2.24, 2.45) is 5.41 Å². The van der Waals surface area contributed by atoms with Crippen LogP contribution in [0.3, 0.4) is 0 Å². The first kappa shape index (κ1) is 11.5. The summed E-state index contributed by atoms with van der Waals surface area (Å²) in [7, 11) is 0. The number of carboxylic acids is 1. The molecule has 0 spiro atoms. The minimum Gasteiger partial charge on any atom is -0.479 e. The van der Waals surface area contributed by atoms with Crippen LogP contribution in [0.25, 0.3) is 0 Å². The van der Waals surface area contributed by atoms with E-state index in [1.807, 2.05) is 6.92 Å². The largest absolute Gasteiger partial charge is 0.479 e. The summed E-state index contributed by atoms with van der Waals surface area (Å²) in [5.74, 6) is -0.799. The van der Waals surface area contributed by atoms with Crippen LogP contribution in [0, 0.1) is 5.41 Å². The zero-order chi connectivity index (χ0) is 10.8. The van der Waals surface area contributed by atoms with Crippen LogP contribution < -0.4 is 0 Å². The zero-order valence-corrected chi connectivity index (χ0v) is 9.30. The quantitative estimate of drug-likeness (QED) is 0.761. The SMILES string of the molecule is CCOC1(C(=O)O)CCCC(C)(C)C1. The molecule has 0 aliphatic heterocycles. The van der Waals surface area contributed by atoms with Crippen LogP contribution in [-0.4, -0.2) is 23.3 Å². The van der Waals surface area contributed by atoms with E-state index in [0.717, 1.165) is 12.8 Å². The molecule has 0 saturated heterocycles. The van der Waals surface area contributed by atoms with Crippen molar-refractivity contribution < 1.29 is 14.6 Å². The Kier molecular flexibility index (Phi) is 3.20. The molecular weight excluding hydrogens is 180 g/mol. The van der Waals surface area contributed by atoms with E-state index >= 15 is 0 Å². The normalized spacial score (nSPS) is 31.4. The van der Waals surface area contributed by atoms with Gasteiger partial charge in [0.15, 0.2) is 5.60 Å². The van der Waals surface area contributed by atoms with E-state index in [1.54, 1.807) is 0 Å². The van der Waals surface area contributed by atoms with E-state index in [2.05, 4.69) is 13.8 Å². The average Bonchev–Trinajstić information content (AvgIpc) is 2.02. The van der Waals surface area contributed by atoms with Crippen LogP contribution >= 0.6 is 0 Å². The van der Waals surface area contributed by atoms with E-state index < -0.39 is 11.6 Å². The van der Waals surface area contributed by atoms with Gasteiger partial charge in [-0.25, -0.2) is 4.79 Å². The molecule has 0 aromatic heterocycles. The zero-order valence-electron chi connectivity index (χ0n) is 9.30. The Morgan fingerprint density at radius 2 is 2.07 bits per heavy atom. The van der Waals surface area contributed by atoms with Gasteiger partial charge in [0.25, 0.3) is 0 Å². The Morgan fingerprint density at radius 1 is 1.43 bits per heavy atom. The van der Waals surface area contributed by atoms with E-state index in [1.165, 1.54) is 0 Å². The molecule has 1 aliphatic rings. The molecule has 1 aliphatic carbocycles. The van der Waals surface area contributed by atoms with Crippen molar-refractivity contribution in [3.05, 3.63) is 0 Å². The van der Waals surface area contributed by atoms with Gasteiger partial charge in [0.1, 0.15) is 0 Å². The second-order valence-corrected chi connectivity index (χ2v) is 4.93.